The van der Waals surface area contributed by atoms with Gasteiger partial charge in [0.25, 0.3) is 23.6 Å². The number of halogens is 3. The van der Waals surface area contributed by atoms with E-state index < -0.39 is 58.4 Å². The number of likely N-dealkylation sites (N-methyl/N-ethyl adjacent to an activating group) is 1. The molecular weight excluding hydrogens is 834 g/mol. The number of anilines is 3. The second kappa shape index (κ2) is 17.6. The lowest BCUT2D eigenvalue weighted by molar-refractivity contribution is -0.138. The summed E-state index contributed by atoms with van der Waals surface area (Å²) >= 11 is 0. The predicted octanol–water partition coefficient (Wildman–Crippen LogP) is 5.01. The molecule has 3 aliphatic heterocycles. The summed E-state index contributed by atoms with van der Waals surface area (Å²) in [5.74, 6) is -3.71. The van der Waals surface area contributed by atoms with Crippen molar-refractivity contribution in [3.05, 3.63) is 146 Å². The SMILES string of the molecule is CN1CCN(c2ccc(-c3ccc(C(=O)NCc4ccc(CNc5cccc6c5C(=O)N(C5CCC(=O)NC5=O)C6=O)cc4)cc3)cc2NC(=O)c2c[nH]c(=O)cc2C(F)(F)F)CC1. The van der Waals surface area contributed by atoms with Gasteiger partial charge in [-0.25, -0.2) is 0 Å². The number of pyridine rings is 1. The topological polar surface area (TPSA) is 193 Å². The number of alkyl halides is 3. The second-order valence-electron chi connectivity index (χ2n) is 15.7. The molecule has 0 aliphatic carbocycles. The van der Waals surface area contributed by atoms with Crippen LogP contribution in [0.5, 0.6) is 0 Å². The monoisotopic (exact) mass is 874 g/mol. The fraction of sp³-hybridized carbons (Fsp3) is 0.239. The zero-order chi connectivity index (χ0) is 45.3. The quantitative estimate of drug-likeness (QED) is 0.113. The number of hydrogen-bond donors (Lipinski definition) is 5. The molecule has 0 saturated carbocycles. The van der Waals surface area contributed by atoms with E-state index in [9.17, 15) is 46.7 Å². The van der Waals surface area contributed by atoms with Crippen molar-refractivity contribution in [3.8, 4) is 11.1 Å². The number of aromatic amines is 1. The summed E-state index contributed by atoms with van der Waals surface area (Å²) in [6, 6.07) is 23.6. The average Bonchev–Trinajstić information content (AvgIpc) is 3.53. The molecule has 4 heterocycles. The van der Waals surface area contributed by atoms with Crippen LogP contribution in [0.4, 0.5) is 30.2 Å². The first kappa shape index (κ1) is 43.1. The summed E-state index contributed by atoms with van der Waals surface area (Å²) in [5, 5.41) is 11.0. The Hall–Kier alpha value is -7.60. The summed E-state index contributed by atoms with van der Waals surface area (Å²) in [6.45, 7) is 3.24. The molecule has 5 N–H and O–H groups in total. The zero-order valence-electron chi connectivity index (χ0n) is 34.3. The molecule has 15 nitrogen and oxygen atoms in total. The van der Waals surface area contributed by atoms with E-state index in [0.717, 1.165) is 35.3 Å². The van der Waals surface area contributed by atoms with Gasteiger partial charge in [-0.05, 0) is 72.1 Å². The van der Waals surface area contributed by atoms with E-state index >= 15 is 0 Å². The number of carbonyl (C=O) groups excluding carboxylic acids is 6. The van der Waals surface area contributed by atoms with Crippen molar-refractivity contribution in [3.63, 3.8) is 0 Å². The first-order valence-electron chi connectivity index (χ1n) is 20.4. The van der Waals surface area contributed by atoms with Crippen molar-refractivity contribution < 1.29 is 41.9 Å². The minimum Gasteiger partial charge on any atom is -0.380 e. The number of carbonyl (C=O) groups is 6. The minimum atomic E-state index is -4.94. The second-order valence-corrected chi connectivity index (χ2v) is 15.7. The van der Waals surface area contributed by atoms with Gasteiger partial charge in [0.05, 0.1) is 33.6 Å². The highest BCUT2D eigenvalue weighted by Crippen LogP contribution is 2.36. The third-order valence-corrected chi connectivity index (χ3v) is 11.5. The van der Waals surface area contributed by atoms with Crippen molar-refractivity contribution in [2.75, 3.05) is 48.8 Å². The molecule has 64 heavy (non-hydrogen) atoms. The first-order valence-corrected chi connectivity index (χ1v) is 20.4. The highest BCUT2D eigenvalue weighted by molar-refractivity contribution is 6.25. The highest BCUT2D eigenvalue weighted by Gasteiger charge is 2.45. The molecule has 1 atom stereocenters. The molecule has 0 spiro atoms. The van der Waals surface area contributed by atoms with Crippen molar-refractivity contribution >= 4 is 52.5 Å². The lowest BCUT2D eigenvalue weighted by atomic mass is 10.0. The Morgan fingerprint density at radius 2 is 1.45 bits per heavy atom. The van der Waals surface area contributed by atoms with Crippen LogP contribution in [0.15, 0.2) is 102 Å². The number of piperazine rings is 1. The standard InChI is InChI=1S/C46H41F3N8O7/c1-55-17-19-56(20-18-55)36-14-13-30(21-35(36)53-42(61)32-25-51-39(59)22-33(32)46(47,48)49)28-9-11-29(12-10-28)41(60)52-24-27-7-5-26(6-8-27)23-50-34-4-2-3-31-40(34)45(64)57(44(31)63)37-15-16-38(58)54-43(37)62/h2-14,21-22,25,37,50H,15-20,23-24H2,1H3,(H,51,59)(H,52,60)(H,53,61)(H,54,58,62). The van der Waals surface area contributed by atoms with Gasteiger partial charge >= 0.3 is 6.18 Å². The predicted molar refractivity (Wildman–Crippen MR) is 230 cm³/mol. The number of imide groups is 2. The number of piperidine rings is 1. The number of aromatic nitrogens is 1. The van der Waals surface area contributed by atoms with E-state index in [1.54, 1.807) is 48.5 Å². The third-order valence-electron chi connectivity index (χ3n) is 11.5. The Labute approximate surface area is 363 Å². The third kappa shape index (κ3) is 8.98. The summed E-state index contributed by atoms with van der Waals surface area (Å²) in [5.41, 5.74) is 1.96. The number of benzene rings is 4. The number of amides is 6. The fourth-order valence-corrected chi connectivity index (χ4v) is 7.96. The Kier molecular flexibility index (Phi) is 11.9. The molecule has 5 aromatic rings. The van der Waals surface area contributed by atoms with Crippen LogP contribution in [0, 0.1) is 0 Å². The van der Waals surface area contributed by atoms with E-state index in [1.165, 1.54) is 6.07 Å². The number of nitrogens with one attached hydrogen (secondary N) is 5. The van der Waals surface area contributed by atoms with Crippen molar-refractivity contribution in [1.29, 1.82) is 0 Å². The van der Waals surface area contributed by atoms with Crippen molar-refractivity contribution in [1.82, 2.24) is 25.4 Å². The van der Waals surface area contributed by atoms with E-state index in [0.29, 0.717) is 53.8 Å². The maximum Gasteiger partial charge on any atom is 0.417 e. The van der Waals surface area contributed by atoms with Crippen LogP contribution in [-0.2, 0) is 28.9 Å². The summed E-state index contributed by atoms with van der Waals surface area (Å²) in [7, 11) is 1.98. The molecule has 3 aliphatic rings. The number of fused-ring (bicyclic) bond motifs is 1. The molecule has 2 saturated heterocycles. The van der Waals surface area contributed by atoms with Gasteiger partial charge in [-0.2, -0.15) is 13.2 Å². The molecule has 2 fully saturated rings. The fourth-order valence-electron chi connectivity index (χ4n) is 7.96. The van der Waals surface area contributed by atoms with Gasteiger partial charge in [0.2, 0.25) is 17.4 Å². The van der Waals surface area contributed by atoms with Crippen LogP contribution < -0.4 is 31.7 Å². The van der Waals surface area contributed by atoms with Gasteiger partial charge < -0.3 is 30.7 Å². The normalized spacial score (nSPS) is 16.7. The van der Waals surface area contributed by atoms with Gasteiger partial charge in [0.15, 0.2) is 0 Å². The summed E-state index contributed by atoms with van der Waals surface area (Å²) < 4.78 is 41.5. The molecule has 1 aromatic heterocycles. The molecular formula is C46H41F3N8O7. The highest BCUT2D eigenvalue weighted by atomic mass is 19.4. The molecule has 1 unspecified atom stereocenters. The minimum absolute atomic E-state index is 0.0227. The smallest absolute Gasteiger partial charge is 0.380 e. The maximum absolute atomic E-state index is 13.8. The average molecular weight is 875 g/mol. The van der Waals surface area contributed by atoms with E-state index in [-0.39, 0.29) is 42.1 Å². The Morgan fingerprint density at radius 1 is 0.766 bits per heavy atom. The van der Waals surface area contributed by atoms with Crippen LogP contribution in [0.25, 0.3) is 11.1 Å². The van der Waals surface area contributed by atoms with Crippen LogP contribution in [0.3, 0.4) is 0 Å². The number of H-pyrrole nitrogens is 1. The summed E-state index contributed by atoms with van der Waals surface area (Å²) in [4.78, 5) is 96.3. The van der Waals surface area contributed by atoms with E-state index in [4.69, 9.17) is 0 Å². The maximum atomic E-state index is 13.8. The van der Waals surface area contributed by atoms with E-state index in [2.05, 4.69) is 31.2 Å². The molecule has 328 valence electrons. The van der Waals surface area contributed by atoms with Crippen LogP contribution in [0.1, 0.15) is 71.0 Å². The number of hydrogen-bond acceptors (Lipinski definition) is 10. The van der Waals surface area contributed by atoms with Crippen LogP contribution in [-0.4, -0.2) is 89.5 Å². The van der Waals surface area contributed by atoms with Gasteiger partial charge in [0.1, 0.15) is 6.04 Å². The van der Waals surface area contributed by atoms with Gasteiger partial charge in [-0.15, -0.1) is 0 Å². The first-order chi connectivity index (χ1) is 30.6. The largest absolute Gasteiger partial charge is 0.417 e. The number of rotatable bonds is 11. The zero-order valence-corrected chi connectivity index (χ0v) is 34.3. The molecule has 0 radical (unpaired) electrons. The van der Waals surface area contributed by atoms with Crippen LogP contribution >= 0.6 is 0 Å². The van der Waals surface area contributed by atoms with E-state index in [1.807, 2.05) is 42.3 Å². The Bertz CT molecular complexity index is 2750. The van der Waals surface area contributed by atoms with Crippen molar-refractivity contribution in [2.45, 2.75) is 38.1 Å². The lowest BCUT2D eigenvalue weighted by Crippen LogP contribution is -2.54. The Balaban J connectivity index is 0.902. The van der Waals surface area contributed by atoms with Gasteiger partial charge in [-0.3, -0.25) is 43.8 Å². The molecule has 8 rings (SSSR count). The van der Waals surface area contributed by atoms with Gasteiger partial charge in [-0.1, -0.05) is 48.5 Å². The molecule has 6 amide bonds. The lowest BCUT2D eigenvalue weighted by Gasteiger charge is -2.35. The molecule has 0 bridgehead atoms. The molecule has 4 aromatic carbocycles. The Morgan fingerprint density at radius 3 is 2.14 bits per heavy atom. The molecule has 18 heteroatoms. The van der Waals surface area contributed by atoms with Gasteiger partial charge in [0, 0.05) is 69.2 Å². The number of nitrogens with zero attached hydrogens (tertiary/aromatic N) is 3. The summed E-state index contributed by atoms with van der Waals surface area (Å²) in [6.07, 6.45) is -4.10. The van der Waals surface area contributed by atoms with Crippen molar-refractivity contribution in [2.24, 2.45) is 0 Å². The van der Waals surface area contributed by atoms with Crippen LogP contribution in [0.2, 0.25) is 0 Å².